The number of rotatable bonds is 3. The third kappa shape index (κ3) is 3.52. The van der Waals surface area contributed by atoms with Gasteiger partial charge in [-0.25, -0.2) is 4.98 Å². The van der Waals surface area contributed by atoms with E-state index in [4.69, 9.17) is 4.74 Å². The van der Waals surface area contributed by atoms with Crippen molar-refractivity contribution in [3.05, 3.63) is 22.1 Å². The number of carbonyl (C=O) groups is 1. The number of morpholine rings is 1. The predicted molar refractivity (Wildman–Crippen MR) is 93.6 cm³/mol. The zero-order valence-electron chi connectivity index (χ0n) is 14.7. The molecule has 0 N–H and O–H groups in total. The minimum Gasteiger partial charge on any atom is -0.372 e. The molecule has 0 aliphatic carbocycles. The van der Waals surface area contributed by atoms with Crippen LogP contribution in [0.1, 0.15) is 51.8 Å². The fourth-order valence-corrected chi connectivity index (χ4v) is 4.48. The van der Waals surface area contributed by atoms with Crippen LogP contribution in [0.3, 0.4) is 0 Å². The maximum atomic E-state index is 12.7. The van der Waals surface area contributed by atoms with Gasteiger partial charge in [-0.05, 0) is 19.8 Å². The van der Waals surface area contributed by atoms with Gasteiger partial charge in [-0.1, -0.05) is 25.6 Å². The first-order chi connectivity index (χ1) is 11.3. The van der Waals surface area contributed by atoms with Crippen molar-refractivity contribution in [2.45, 2.75) is 63.4 Å². The highest BCUT2D eigenvalue weighted by Crippen LogP contribution is 2.33. The van der Waals surface area contributed by atoms with E-state index in [1.54, 1.807) is 22.4 Å². The summed E-state index contributed by atoms with van der Waals surface area (Å²) in [7, 11) is 0. The standard InChI is InChI=1S/C17H25N3O3S/c1-10(2)14-6-16(22)20-13(9-24-17(20)18-14)5-15(21)19-7-11(3)23-12(4)8-19/h6,10-13H,5,7-9H2,1-4H3/t11-,12-,13+/m0/s1. The molecular weight excluding hydrogens is 326 g/mol. The Balaban J connectivity index is 1.75. The van der Waals surface area contributed by atoms with E-state index >= 15 is 0 Å². The van der Waals surface area contributed by atoms with Crippen LogP contribution in [0, 0.1) is 0 Å². The average Bonchev–Trinajstić information content (AvgIpc) is 2.89. The molecule has 0 spiro atoms. The Morgan fingerprint density at radius 2 is 2.04 bits per heavy atom. The van der Waals surface area contributed by atoms with E-state index in [0.717, 1.165) is 16.6 Å². The summed E-state index contributed by atoms with van der Waals surface area (Å²) in [5, 5.41) is 0.743. The summed E-state index contributed by atoms with van der Waals surface area (Å²) in [6.45, 7) is 9.27. The van der Waals surface area contributed by atoms with Gasteiger partial charge in [0.1, 0.15) is 0 Å². The monoisotopic (exact) mass is 351 g/mol. The van der Waals surface area contributed by atoms with Gasteiger partial charge in [0, 0.05) is 31.3 Å². The molecule has 0 unspecified atom stereocenters. The first-order valence-corrected chi connectivity index (χ1v) is 9.53. The zero-order valence-corrected chi connectivity index (χ0v) is 15.5. The van der Waals surface area contributed by atoms with Gasteiger partial charge in [-0.15, -0.1) is 0 Å². The van der Waals surface area contributed by atoms with Crippen molar-refractivity contribution in [3.63, 3.8) is 0 Å². The molecule has 0 radical (unpaired) electrons. The Bertz CT molecular complexity index is 678. The quantitative estimate of drug-likeness (QED) is 0.780. The summed E-state index contributed by atoms with van der Waals surface area (Å²) in [6.07, 6.45) is 0.462. The van der Waals surface area contributed by atoms with Crippen LogP contribution in [0.4, 0.5) is 0 Å². The van der Waals surface area contributed by atoms with Gasteiger partial charge in [0.15, 0.2) is 5.16 Å². The van der Waals surface area contributed by atoms with E-state index in [2.05, 4.69) is 4.98 Å². The number of thioether (sulfide) groups is 1. The molecule has 2 aliphatic heterocycles. The summed E-state index contributed by atoms with van der Waals surface area (Å²) in [5.41, 5.74) is 0.775. The van der Waals surface area contributed by atoms with E-state index in [1.807, 2.05) is 32.6 Å². The Hall–Kier alpha value is -1.34. The van der Waals surface area contributed by atoms with Crippen molar-refractivity contribution in [1.82, 2.24) is 14.5 Å². The largest absolute Gasteiger partial charge is 0.372 e. The zero-order chi connectivity index (χ0) is 17.4. The molecule has 1 fully saturated rings. The molecule has 6 nitrogen and oxygen atoms in total. The molecule has 0 bridgehead atoms. The molecule has 3 rings (SSSR count). The van der Waals surface area contributed by atoms with Crippen LogP contribution < -0.4 is 5.56 Å². The molecule has 1 saturated heterocycles. The van der Waals surface area contributed by atoms with Crippen LogP contribution in [0.2, 0.25) is 0 Å². The molecule has 2 aliphatic rings. The fraction of sp³-hybridized carbons (Fsp3) is 0.706. The first-order valence-electron chi connectivity index (χ1n) is 8.54. The third-order valence-corrected chi connectivity index (χ3v) is 5.58. The molecule has 0 saturated carbocycles. The van der Waals surface area contributed by atoms with Gasteiger partial charge in [0.25, 0.3) is 5.56 Å². The van der Waals surface area contributed by atoms with Gasteiger partial charge in [-0.3, -0.25) is 14.2 Å². The van der Waals surface area contributed by atoms with Crippen LogP contribution in [0.5, 0.6) is 0 Å². The number of hydrogen-bond acceptors (Lipinski definition) is 5. The van der Waals surface area contributed by atoms with E-state index < -0.39 is 0 Å². The second-order valence-electron chi connectivity index (χ2n) is 7.05. The Kier molecular flexibility index (Phi) is 5.01. The van der Waals surface area contributed by atoms with Crippen molar-refractivity contribution in [1.29, 1.82) is 0 Å². The average molecular weight is 351 g/mol. The summed E-state index contributed by atoms with van der Waals surface area (Å²) >= 11 is 1.57. The van der Waals surface area contributed by atoms with Crippen molar-refractivity contribution in [2.24, 2.45) is 0 Å². The van der Waals surface area contributed by atoms with E-state index in [0.29, 0.717) is 19.5 Å². The number of aromatic nitrogens is 2. The molecular formula is C17H25N3O3S. The van der Waals surface area contributed by atoms with E-state index in [-0.39, 0.29) is 35.6 Å². The fourth-order valence-electron chi connectivity index (χ4n) is 3.33. The third-order valence-electron chi connectivity index (χ3n) is 4.48. The maximum absolute atomic E-state index is 12.7. The molecule has 3 heterocycles. The molecule has 1 aromatic heterocycles. The minimum atomic E-state index is -0.104. The van der Waals surface area contributed by atoms with Crippen LogP contribution in [0.15, 0.2) is 16.0 Å². The number of carbonyl (C=O) groups excluding carboxylic acids is 1. The lowest BCUT2D eigenvalue weighted by atomic mass is 10.1. The van der Waals surface area contributed by atoms with Crippen molar-refractivity contribution in [2.75, 3.05) is 18.8 Å². The number of nitrogens with zero attached hydrogens (tertiary/aromatic N) is 3. The Morgan fingerprint density at radius 1 is 1.38 bits per heavy atom. The lowest BCUT2D eigenvalue weighted by Crippen LogP contribution is -2.48. The topological polar surface area (TPSA) is 64.4 Å². The SMILES string of the molecule is CC(C)c1cc(=O)n2c(n1)SC[C@H]2CC(=O)N1C[C@H](C)O[C@@H](C)C1. The van der Waals surface area contributed by atoms with Crippen LogP contribution >= 0.6 is 11.8 Å². The summed E-state index contributed by atoms with van der Waals surface area (Å²) < 4.78 is 7.38. The van der Waals surface area contributed by atoms with Crippen LogP contribution in [0.25, 0.3) is 0 Å². The van der Waals surface area contributed by atoms with Gasteiger partial charge in [0.05, 0.1) is 23.9 Å². The van der Waals surface area contributed by atoms with Crippen LogP contribution in [-0.4, -0.2) is 51.4 Å². The maximum Gasteiger partial charge on any atom is 0.254 e. The molecule has 7 heteroatoms. The minimum absolute atomic E-state index is 0.0461. The second-order valence-corrected chi connectivity index (χ2v) is 8.04. The Labute approximate surface area is 146 Å². The second kappa shape index (κ2) is 6.88. The smallest absolute Gasteiger partial charge is 0.254 e. The van der Waals surface area contributed by atoms with Crippen molar-refractivity contribution in [3.8, 4) is 0 Å². The Morgan fingerprint density at radius 3 is 2.67 bits per heavy atom. The lowest BCUT2D eigenvalue weighted by Gasteiger charge is -2.35. The highest BCUT2D eigenvalue weighted by molar-refractivity contribution is 7.99. The highest BCUT2D eigenvalue weighted by atomic mass is 32.2. The summed E-state index contributed by atoms with van der Waals surface area (Å²) in [4.78, 5) is 31.6. The predicted octanol–water partition coefficient (Wildman–Crippen LogP) is 2.04. The van der Waals surface area contributed by atoms with Crippen molar-refractivity contribution >= 4 is 17.7 Å². The molecule has 132 valence electrons. The number of ether oxygens (including phenoxy) is 1. The summed E-state index contributed by atoms with van der Waals surface area (Å²) in [5.74, 6) is 1.04. The van der Waals surface area contributed by atoms with E-state index in [1.165, 1.54) is 0 Å². The number of amides is 1. The molecule has 1 amide bonds. The number of fused-ring (bicyclic) bond motifs is 1. The van der Waals surface area contributed by atoms with E-state index in [9.17, 15) is 9.59 Å². The lowest BCUT2D eigenvalue weighted by molar-refractivity contribution is -0.143. The first kappa shape index (κ1) is 17.5. The number of hydrogen-bond donors (Lipinski definition) is 0. The summed E-state index contributed by atoms with van der Waals surface area (Å²) in [6, 6.07) is 1.50. The van der Waals surface area contributed by atoms with Gasteiger partial charge in [0.2, 0.25) is 5.91 Å². The molecule has 3 atom stereocenters. The normalized spacial score (nSPS) is 26.7. The van der Waals surface area contributed by atoms with Gasteiger partial charge >= 0.3 is 0 Å². The van der Waals surface area contributed by atoms with Gasteiger partial charge in [-0.2, -0.15) is 0 Å². The van der Waals surface area contributed by atoms with Crippen LogP contribution in [-0.2, 0) is 9.53 Å². The van der Waals surface area contributed by atoms with Crippen molar-refractivity contribution < 1.29 is 9.53 Å². The molecule has 24 heavy (non-hydrogen) atoms. The van der Waals surface area contributed by atoms with Gasteiger partial charge < -0.3 is 9.64 Å². The molecule has 1 aromatic rings. The molecule has 0 aromatic carbocycles. The highest BCUT2D eigenvalue weighted by Gasteiger charge is 2.32.